The van der Waals surface area contributed by atoms with Crippen LogP contribution < -0.4 is 5.32 Å². The molecule has 1 N–H and O–H groups in total. The lowest BCUT2D eigenvalue weighted by atomic mass is 10.5. The van der Waals surface area contributed by atoms with Crippen LogP contribution >= 0.6 is 22.0 Å². The lowest BCUT2D eigenvalue weighted by Gasteiger charge is -1.95. The number of hydrogen-bond donors (Lipinski definition) is 1. The lowest BCUT2D eigenvalue weighted by Crippen LogP contribution is -2.04. The van der Waals surface area contributed by atoms with Gasteiger partial charge in [-0.1, -0.05) is 11.3 Å². The largest absolute Gasteiger partial charge is 0.316 e. The summed E-state index contributed by atoms with van der Waals surface area (Å²) in [5.74, 6) is -0.282. The second-order valence-electron chi connectivity index (χ2n) is 2.51. The fraction of sp³-hybridized carbons (Fsp3) is 0.333. The van der Waals surface area contributed by atoms with Gasteiger partial charge in [-0.05, 0) is 6.92 Å². The molecule has 0 fully saturated rings. The van der Waals surface area contributed by atoms with Gasteiger partial charge in [-0.25, -0.2) is 13.4 Å². The monoisotopic (exact) mass is 254 g/mol. The van der Waals surface area contributed by atoms with Gasteiger partial charge >= 0.3 is 0 Å². The Morgan fingerprint density at radius 1 is 1.57 bits per heavy atom. The molecule has 0 unspecified atom stereocenters. The van der Waals surface area contributed by atoms with Crippen molar-refractivity contribution in [3.05, 3.63) is 5.69 Å². The van der Waals surface area contributed by atoms with Crippen LogP contribution in [0.1, 0.15) is 12.6 Å². The van der Waals surface area contributed by atoms with Gasteiger partial charge < -0.3 is 5.32 Å². The number of carbonyl (C=O) groups excluding carboxylic acids is 1. The van der Waals surface area contributed by atoms with Gasteiger partial charge in [-0.2, -0.15) is 0 Å². The van der Waals surface area contributed by atoms with E-state index in [1.54, 1.807) is 6.92 Å². The van der Waals surface area contributed by atoms with E-state index in [9.17, 15) is 13.2 Å². The number of hydrogen-bond acceptors (Lipinski definition) is 5. The highest BCUT2D eigenvalue weighted by Gasteiger charge is 2.18. The standard InChI is InChI=1S/C6H7ClN2O3S2/c1-3-5(9-4(2)10)13-6(8-3)14(7,11)12/h1-2H3,(H,9,10). The molecule has 1 aromatic rings. The maximum Gasteiger partial charge on any atom is 0.288 e. The van der Waals surface area contributed by atoms with Gasteiger partial charge in [0.2, 0.25) is 10.2 Å². The molecule has 0 spiro atoms. The van der Waals surface area contributed by atoms with Crippen LogP contribution in [0.3, 0.4) is 0 Å². The highest BCUT2D eigenvalue weighted by Crippen LogP contribution is 2.29. The van der Waals surface area contributed by atoms with Crippen molar-refractivity contribution in [2.75, 3.05) is 5.32 Å². The normalized spacial score (nSPS) is 11.4. The maximum absolute atomic E-state index is 10.9. The number of aryl methyl sites for hydroxylation is 1. The van der Waals surface area contributed by atoms with E-state index in [4.69, 9.17) is 10.7 Å². The first-order chi connectivity index (χ1) is 6.30. The van der Waals surface area contributed by atoms with Crippen LogP contribution in [0.25, 0.3) is 0 Å². The molecule has 0 aliphatic heterocycles. The third kappa shape index (κ3) is 2.66. The molecule has 0 radical (unpaired) electrons. The van der Waals surface area contributed by atoms with E-state index in [-0.39, 0.29) is 10.2 Å². The van der Waals surface area contributed by atoms with Gasteiger partial charge in [0.15, 0.2) is 0 Å². The molecule has 0 saturated heterocycles. The summed E-state index contributed by atoms with van der Waals surface area (Å²) in [5, 5.41) is 2.86. The summed E-state index contributed by atoms with van der Waals surface area (Å²) in [7, 11) is 1.28. The van der Waals surface area contributed by atoms with E-state index in [1.807, 2.05) is 0 Å². The van der Waals surface area contributed by atoms with Crippen LogP contribution in [-0.2, 0) is 13.8 Å². The Balaban J connectivity index is 3.12. The molecule has 5 nitrogen and oxygen atoms in total. The predicted octanol–water partition coefficient (Wildman–Crippen LogP) is 1.34. The summed E-state index contributed by atoms with van der Waals surface area (Å²) < 4.78 is 21.6. The zero-order valence-electron chi connectivity index (χ0n) is 7.37. The van der Waals surface area contributed by atoms with Crippen molar-refractivity contribution < 1.29 is 13.2 Å². The smallest absolute Gasteiger partial charge is 0.288 e. The molecule has 78 valence electrons. The molecule has 8 heteroatoms. The third-order valence-electron chi connectivity index (χ3n) is 1.28. The number of rotatable bonds is 2. The van der Waals surface area contributed by atoms with Crippen molar-refractivity contribution in [2.45, 2.75) is 18.2 Å². The van der Waals surface area contributed by atoms with Crippen molar-refractivity contribution >= 4 is 42.0 Å². The summed E-state index contributed by atoms with van der Waals surface area (Å²) in [6.07, 6.45) is 0. The van der Waals surface area contributed by atoms with E-state index in [2.05, 4.69) is 10.3 Å². The fourth-order valence-electron chi connectivity index (χ4n) is 0.752. The second kappa shape index (κ2) is 3.84. The van der Waals surface area contributed by atoms with Crippen LogP contribution in [0.2, 0.25) is 0 Å². The summed E-state index contributed by atoms with van der Waals surface area (Å²) in [6.45, 7) is 2.92. The van der Waals surface area contributed by atoms with E-state index in [1.165, 1.54) is 6.92 Å². The van der Waals surface area contributed by atoms with Crippen LogP contribution in [0, 0.1) is 6.92 Å². The quantitative estimate of drug-likeness (QED) is 0.808. The van der Waals surface area contributed by atoms with Crippen molar-refractivity contribution in [1.29, 1.82) is 0 Å². The minimum atomic E-state index is -3.81. The number of thiazole rings is 1. The van der Waals surface area contributed by atoms with Crippen molar-refractivity contribution in [3.63, 3.8) is 0 Å². The van der Waals surface area contributed by atoms with Crippen LogP contribution in [0.15, 0.2) is 4.34 Å². The molecular weight excluding hydrogens is 248 g/mol. The first kappa shape index (κ1) is 11.4. The molecule has 0 atom stereocenters. The Hall–Kier alpha value is -0.660. The lowest BCUT2D eigenvalue weighted by molar-refractivity contribution is -0.114. The predicted molar refractivity (Wildman–Crippen MR) is 54.2 cm³/mol. The summed E-state index contributed by atoms with van der Waals surface area (Å²) in [4.78, 5) is 14.4. The summed E-state index contributed by atoms with van der Waals surface area (Å²) in [6, 6.07) is 0. The van der Waals surface area contributed by atoms with Crippen molar-refractivity contribution in [1.82, 2.24) is 4.98 Å². The highest BCUT2D eigenvalue weighted by molar-refractivity contribution is 8.15. The number of nitrogens with zero attached hydrogens (tertiary/aromatic N) is 1. The highest BCUT2D eigenvalue weighted by atomic mass is 35.7. The van der Waals surface area contributed by atoms with Gasteiger partial charge in [0.05, 0.1) is 5.69 Å². The molecule has 14 heavy (non-hydrogen) atoms. The number of aromatic nitrogens is 1. The molecule has 1 rings (SSSR count). The number of amides is 1. The van der Waals surface area contributed by atoms with Crippen molar-refractivity contribution in [2.24, 2.45) is 0 Å². The number of nitrogens with one attached hydrogen (secondary N) is 1. The SMILES string of the molecule is CC(=O)Nc1sc(S(=O)(=O)Cl)nc1C. The average molecular weight is 255 g/mol. The Labute approximate surface area is 89.5 Å². The molecule has 0 saturated carbocycles. The molecule has 1 aromatic heterocycles. The minimum Gasteiger partial charge on any atom is -0.316 e. The zero-order chi connectivity index (χ0) is 10.9. The fourth-order valence-corrected chi connectivity index (χ4v) is 2.78. The van der Waals surface area contributed by atoms with Crippen LogP contribution in [0.4, 0.5) is 5.00 Å². The van der Waals surface area contributed by atoms with Gasteiger partial charge in [0.25, 0.3) is 9.05 Å². The number of carbonyl (C=O) groups is 1. The van der Waals surface area contributed by atoms with Crippen LogP contribution in [0.5, 0.6) is 0 Å². The van der Waals surface area contributed by atoms with E-state index >= 15 is 0 Å². The first-order valence-electron chi connectivity index (χ1n) is 3.50. The number of halogens is 1. The minimum absolute atomic E-state index is 0.208. The Kier molecular flexibility index (Phi) is 3.13. The van der Waals surface area contributed by atoms with Gasteiger partial charge in [-0.15, -0.1) is 0 Å². The van der Waals surface area contributed by atoms with E-state index in [0.717, 1.165) is 11.3 Å². The van der Waals surface area contributed by atoms with Crippen molar-refractivity contribution in [3.8, 4) is 0 Å². The Morgan fingerprint density at radius 2 is 2.14 bits per heavy atom. The molecule has 0 aliphatic rings. The maximum atomic E-state index is 10.9. The van der Waals surface area contributed by atoms with Crippen LogP contribution in [-0.4, -0.2) is 19.3 Å². The molecule has 1 amide bonds. The number of anilines is 1. The summed E-state index contributed by atoms with van der Waals surface area (Å²) >= 11 is 0.832. The van der Waals surface area contributed by atoms with Gasteiger partial charge in [-0.3, -0.25) is 4.79 Å². The Morgan fingerprint density at radius 3 is 2.50 bits per heavy atom. The molecule has 0 bridgehead atoms. The van der Waals surface area contributed by atoms with E-state index in [0.29, 0.717) is 10.7 Å². The molecule has 0 aromatic carbocycles. The molecule has 1 heterocycles. The zero-order valence-corrected chi connectivity index (χ0v) is 9.76. The third-order valence-corrected chi connectivity index (χ3v) is 4.27. The molecule has 0 aliphatic carbocycles. The average Bonchev–Trinajstić information content (AvgIpc) is 2.30. The van der Waals surface area contributed by atoms with Gasteiger partial charge in [0, 0.05) is 17.6 Å². The topological polar surface area (TPSA) is 76.1 Å². The summed E-state index contributed by atoms with van der Waals surface area (Å²) in [5.41, 5.74) is 0.435. The second-order valence-corrected chi connectivity index (χ2v) is 6.25. The first-order valence-corrected chi connectivity index (χ1v) is 6.63. The van der Waals surface area contributed by atoms with Gasteiger partial charge in [0.1, 0.15) is 5.00 Å². The van der Waals surface area contributed by atoms with E-state index < -0.39 is 9.05 Å². The Bertz CT molecular complexity index is 465. The molecular formula is C6H7ClN2O3S2.